The number of hydrogen-bond donors (Lipinski definition) is 1. The Labute approximate surface area is 115 Å². The fraction of sp³-hybridized carbons (Fsp3) is 0.600. The van der Waals surface area contributed by atoms with Crippen LogP contribution in [0, 0.1) is 17.2 Å². The summed E-state index contributed by atoms with van der Waals surface area (Å²) in [6.07, 6.45) is 2.55. The Bertz CT molecular complexity index is 450. The molecule has 1 aromatic heterocycles. The summed E-state index contributed by atoms with van der Waals surface area (Å²) in [7, 11) is 0. The fourth-order valence-electron chi connectivity index (χ4n) is 2.58. The number of nitriles is 1. The van der Waals surface area contributed by atoms with E-state index in [-0.39, 0.29) is 0 Å². The largest absolute Gasteiger partial charge is 0.370 e. The Kier molecular flexibility index (Phi) is 4.75. The van der Waals surface area contributed by atoms with Crippen molar-refractivity contribution in [3.05, 3.63) is 23.9 Å². The number of likely N-dealkylation sites (tertiary alicyclic amines) is 1. The van der Waals surface area contributed by atoms with Crippen molar-refractivity contribution in [3.63, 3.8) is 0 Å². The first-order valence-electron chi connectivity index (χ1n) is 7.04. The highest BCUT2D eigenvalue weighted by molar-refractivity contribution is 5.38. The van der Waals surface area contributed by atoms with Crippen LogP contribution in [0.3, 0.4) is 0 Å². The maximum Gasteiger partial charge on any atom is 0.142 e. The predicted octanol–water partition coefficient (Wildman–Crippen LogP) is 2.49. The summed E-state index contributed by atoms with van der Waals surface area (Å²) in [4.78, 5) is 6.78. The van der Waals surface area contributed by atoms with Crippen LogP contribution in [0.1, 0.15) is 32.4 Å². The Morgan fingerprint density at radius 2 is 2.37 bits per heavy atom. The van der Waals surface area contributed by atoms with Gasteiger partial charge in [0, 0.05) is 19.1 Å². The van der Waals surface area contributed by atoms with Gasteiger partial charge in [-0.25, -0.2) is 4.98 Å². The van der Waals surface area contributed by atoms with Gasteiger partial charge in [-0.2, -0.15) is 5.26 Å². The first kappa shape index (κ1) is 13.8. The number of piperidine rings is 1. The molecule has 1 atom stereocenters. The molecule has 1 fully saturated rings. The molecule has 1 saturated heterocycles. The van der Waals surface area contributed by atoms with Crippen LogP contribution in [0.4, 0.5) is 5.82 Å². The van der Waals surface area contributed by atoms with E-state index in [2.05, 4.69) is 35.1 Å². The standard InChI is InChI=1S/C15H22N4/c1-12(2)19-8-4-5-13(11-19)10-17-15-7-3-6-14(9-16)18-15/h3,6-7,12-13H,4-5,8,10-11H2,1-2H3,(H,17,18). The maximum atomic E-state index is 8.83. The van der Waals surface area contributed by atoms with E-state index in [9.17, 15) is 0 Å². The van der Waals surface area contributed by atoms with Crippen LogP contribution >= 0.6 is 0 Å². The van der Waals surface area contributed by atoms with Crippen molar-refractivity contribution < 1.29 is 0 Å². The highest BCUT2D eigenvalue weighted by Crippen LogP contribution is 2.18. The minimum Gasteiger partial charge on any atom is -0.370 e. The fourth-order valence-corrected chi connectivity index (χ4v) is 2.58. The summed E-state index contributed by atoms with van der Waals surface area (Å²) in [5, 5.41) is 12.2. The van der Waals surface area contributed by atoms with Gasteiger partial charge in [0.2, 0.25) is 0 Å². The van der Waals surface area contributed by atoms with Crippen molar-refractivity contribution in [3.8, 4) is 6.07 Å². The topological polar surface area (TPSA) is 52.0 Å². The molecule has 1 unspecified atom stereocenters. The van der Waals surface area contributed by atoms with Crippen molar-refractivity contribution >= 4 is 5.82 Å². The van der Waals surface area contributed by atoms with Crippen LogP contribution in [0.5, 0.6) is 0 Å². The van der Waals surface area contributed by atoms with E-state index >= 15 is 0 Å². The zero-order valence-electron chi connectivity index (χ0n) is 11.8. The van der Waals surface area contributed by atoms with Gasteiger partial charge in [0.15, 0.2) is 0 Å². The maximum absolute atomic E-state index is 8.83. The molecule has 2 rings (SSSR count). The zero-order chi connectivity index (χ0) is 13.7. The summed E-state index contributed by atoms with van der Waals surface area (Å²) in [6, 6.07) is 8.21. The van der Waals surface area contributed by atoms with Crippen LogP contribution in [0.25, 0.3) is 0 Å². The van der Waals surface area contributed by atoms with Crippen molar-refractivity contribution in [2.45, 2.75) is 32.7 Å². The number of hydrogen-bond acceptors (Lipinski definition) is 4. The van der Waals surface area contributed by atoms with E-state index in [0.717, 1.165) is 18.9 Å². The molecule has 1 aliphatic heterocycles. The van der Waals surface area contributed by atoms with Crippen molar-refractivity contribution in [2.75, 3.05) is 25.0 Å². The number of aromatic nitrogens is 1. The molecule has 1 aromatic rings. The third-order valence-electron chi connectivity index (χ3n) is 3.72. The van der Waals surface area contributed by atoms with Gasteiger partial charge in [-0.15, -0.1) is 0 Å². The van der Waals surface area contributed by atoms with Gasteiger partial charge in [0.25, 0.3) is 0 Å². The first-order chi connectivity index (χ1) is 9.19. The first-order valence-corrected chi connectivity index (χ1v) is 7.04. The molecule has 0 radical (unpaired) electrons. The lowest BCUT2D eigenvalue weighted by Gasteiger charge is -2.35. The summed E-state index contributed by atoms with van der Waals surface area (Å²) >= 11 is 0. The average molecular weight is 258 g/mol. The van der Waals surface area contributed by atoms with Gasteiger partial charge in [0.1, 0.15) is 17.6 Å². The number of anilines is 1. The van der Waals surface area contributed by atoms with Crippen molar-refractivity contribution in [1.82, 2.24) is 9.88 Å². The van der Waals surface area contributed by atoms with E-state index in [4.69, 9.17) is 5.26 Å². The molecule has 1 aliphatic rings. The van der Waals surface area contributed by atoms with Crippen LogP contribution in [0.15, 0.2) is 18.2 Å². The lowest BCUT2D eigenvalue weighted by Crippen LogP contribution is -2.41. The van der Waals surface area contributed by atoms with Crippen molar-refractivity contribution in [1.29, 1.82) is 5.26 Å². The third kappa shape index (κ3) is 3.93. The van der Waals surface area contributed by atoms with E-state index in [0.29, 0.717) is 17.7 Å². The van der Waals surface area contributed by atoms with Gasteiger partial charge < -0.3 is 10.2 Å². The molecular formula is C15H22N4. The van der Waals surface area contributed by atoms with Gasteiger partial charge in [0.05, 0.1) is 0 Å². The molecule has 102 valence electrons. The third-order valence-corrected chi connectivity index (χ3v) is 3.72. The molecule has 19 heavy (non-hydrogen) atoms. The predicted molar refractivity (Wildman–Crippen MR) is 76.9 cm³/mol. The molecular weight excluding hydrogens is 236 g/mol. The Morgan fingerprint density at radius 1 is 1.53 bits per heavy atom. The molecule has 2 heterocycles. The Balaban J connectivity index is 1.86. The Hall–Kier alpha value is -1.60. The molecule has 0 aromatic carbocycles. The normalized spacial score (nSPS) is 20.2. The summed E-state index contributed by atoms with van der Waals surface area (Å²) in [5.41, 5.74) is 0.470. The van der Waals surface area contributed by atoms with E-state index in [1.807, 2.05) is 12.1 Å². The molecule has 0 bridgehead atoms. The van der Waals surface area contributed by atoms with Crippen LogP contribution in [-0.2, 0) is 0 Å². The van der Waals surface area contributed by atoms with Crippen LogP contribution in [-0.4, -0.2) is 35.6 Å². The van der Waals surface area contributed by atoms with Crippen LogP contribution < -0.4 is 5.32 Å². The smallest absolute Gasteiger partial charge is 0.142 e. The number of rotatable bonds is 4. The Morgan fingerprint density at radius 3 is 3.11 bits per heavy atom. The van der Waals surface area contributed by atoms with Gasteiger partial charge in [-0.3, -0.25) is 0 Å². The second-order valence-electron chi connectivity index (χ2n) is 5.50. The highest BCUT2D eigenvalue weighted by atomic mass is 15.2. The second kappa shape index (κ2) is 6.53. The molecule has 0 spiro atoms. The van der Waals surface area contributed by atoms with E-state index in [1.54, 1.807) is 6.07 Å². The average Bonchev–Trinajstić information content (AvgIpc) is 2.45. The lowest BCUT2D eigenvalue weighted by atomic mass is 9.97. The minimum atomic E-state index is 0.470. The molecule has 1 N–H and O–H groups in total. The summed E-state index contributed by atoms with van der Waals surface area (Å²) < 4.78 is 0. The van der Waals surface area contributed by atoms with E-state index in [1.165, 1.54) is 19.4 Å². The number of nitrogens with one attached hydrogen (secondary N) is 1. The van der Waals surface area contributed by atoms with Gasteiger partial charge in [-0.1, -0.05) is 6.07 Å². The summed E-state index contributed by atoms with van der Waals surface area (Å²) in [6.45, 7) is 7.82. The minimum absolute atomic E-state index is 0.470. The molecule has 0 amide bonds. The second-order valence-corrected chi connectivity index (χ2v) is 5.50. The monoisotopic (exact) mass is 258 g/mol. The van der Waals surface area contributed by atoms with Crippen molar-refractivity contribution in [2.24, 2.45) is 5.92 Å². The van der Waals surface area contributed by atoms with Gasteiger partial charge >= 0.3 is 0 Å². The van der Waals surface area contributed by atoms with Crippen LogP contribution in [0.2, 0.25) is 0 Å². The quantitative estimate of drug-likeness (QED) is 0.901. The number of nitrogens with zero attached hydrogens (tertiary/aromatic N) is 3. The van der Waals surface area contributed by atoms with E-state index < -0.39 is 0 Å². The lowest BCUT2D eigenvalue weighted by molar-refractivity contribution is 0.145. The summed E-state index contributed by atoms with van der Waals surface area (Å²) in [5.74, 6) is 1.48. The molecule has 0 saturated carbocycles. The zero-order valence-corrected chi connectivity index (χ0v) is 11.8. The molecule has 0 aliphatic carbocycles. The number of pyridine rings is 1. The highest BCUT2D eigenvalue weighted by Gasteiger charge is 2.21. The molecule has 4 heteroatoms. The van der Waals surface area contributed by atoms with Gasteiger partial charge in [-0.05, 0) is 51.3 Å². The molecule has 4 nitrogen and oxygen atoms in total. The SMILES string of the molecule is CC(C)N1CCCC(CNc2cccc(C#N)n2)C1.